The highest BCUT2D eigenvalue weighted by Gasteiger charge is 2.12. The molecule has 130 valence electrons. The quantitative estimate of drug-likeness (QED) is 0.369. The third-order valence-corrected chi connectivity index (χ3v) is 3.72. The molecule has 0 saturated heterocycles. The fourth-order valence-electron chi connectivity index (χ4n) is 2.19. The SMILES string of the molecule is O=C(N/N=C\c1c(O)n(-c2ccccc2)c(=S)[nH]c1=O)c1ccncc1. The average molecular weight is 367 g/mol. The molecule has 3 aromatic rings. The van der Waals surface area contributed by atoms with Crippen molar-refractivity contribution in [3.63, 3.8) is 0 Å². The van der Waals surface area contributed by atoms with Gasteiger partial charge in [-0.05, 0) is 36.5 Å². The Hall–Kier alpha value is -3.59. The van der Waals surface area contributed by atoms with E-state index in [0.717, 1.165) is 6.21 Å². The van der Waals surface area contributed by atoms with Crippen LogP contribution in [0.3, 0.4) is 0 Å². The lowest BCUT2D eigenvalue weighted by Crippen LogP contribution is -2.21. The molecule has 0 fully saturated rings. The van der Waals surface area contributed by atoms with Crippen molar-refractivity contribution in [3.05, 3.63) is 81.1 Å². The molecule has 8 nitrogen and oxygen atoms in total. The maximum Gasteiger partial charge on any atom is 0.271 e. The fraction of sp³-hybridized carbons (Fsp3) is 0. The number of para-hydroxylation sites is 1. The minimum absolute atomic E-state index is 0.0386. The molecule has 0 radical (unpaired) electrons. The van der Waals surface area contributed by atoms with Crippen molar-refractivity contribution in [2.75, 3.05) is 0 Å². The molecule has 9 heteroatoms. The van der Waals surface area contributed by atoms with Crippen molar-refractivity contribution in [3.8, 4) is 11.6 Å². The number of amides is 1. The smallest absolute Gasteiger partial charge is 0.271 e. The second-order valence-electron chi connectivity index (χ2n) is 5.10. The summed E-state index contributed by atoms with van der Waals surface area (Å²) in [5.41, 5.74) is 2.44. The van der Waals surface area contributed by atoms with Crippen LogP contribution in [0.1, 0.15) is 15.9 Å². The zero-order chi connectivity index (χ0) is 18.5. The molecule has 3 N–H and O–H groups in total. The Morgan fingerprint density at radius 2 is 1.92 bits per heavy atom. The number of hydrogen-bond acceptors (Lipinski definition) is 6. The van der Waals surface area contributed by atoms with Gasteiger partial charge in [-0.2, -0.15) is 5.10 Å². The van der Waals surface area contributed by atoms with Gasteiger partial charge in [0.05, 0.1) is 11.9 Å². The third-order valence-electron chi connectivity index (χ3n) is 3.44. The number of rotatable bonds is 4. The molecule has 2 heterocycles. The largest absolute Gasteiger partial charge is 0.494 e. The number of nitrogens with one attached hydrogen (secondary N) is 2. The summed E-state index contributed by atoms with van der Waals surface area (Å²) in [5, 5.41) is 14.2. The molecule has 0 unspecified atom stereocenters. The number of pyridine rings is 1. The van der Waals surface area contributed by atoms with Gasteiger partial charge in [-0.3, -0.25) is 24.1 Å². The first-order chi connectivity index (χ1) is 12.6. The highest BCUT2D eigenvalue weighted by atomic mass is 32.1. The molecule has 0 aliphatic carbocycles. The Morgan fingerprint density at radius 3 is 2.62 bits per heavy atom. The van der Waals surface area contributed by atoms with Gasteiger partial charge in [-0.25, -0.2) is 5.43 Å². The number of aromatic hydroxyl groups is 1. The van der Waals surface area contributed by atoms with Crippen LogP contribution in [0.5, 0.6) is 5.88 Å². The van der Waals surface area contributed by atoms with Crippen molar-refractivity contribution >= 4 is 24.3 Å². The molecule has 0 aliphatic rings. The van der Waals surface area contributed by atoms with E-state index < -0.39 is 11.5 Å². The van der Waals surface area contributed by atoms with Crippen molar-refractivity contribution in [1.82, 2.24) is 20.0 Å². The summed E-state index contributed by atoms with van der Waals surface area (Å²) in [6.07, 6.45) is 4.00. The highest BCUT2D eigenvalue weighted by molar-refractivity contribution is 7.71. The number of H-pyrrole nitrogens is 1. The number of aromatic nitrogens is 3. The van der Waals surface area contributed by atoms with E-state index in [9.17, 15) is 14.7 Å². The van der Waals surface area contributed by atoms with Crippen molar-refractivity contribution in [2.24, 2.45) is 5.10 Å². The molecule has 26 heavy (non-hydrogen) atoms. The van der Waals surface area contributed by atoms with Crippen LogP contribution < -0.4 is 11.0 Å². The lowest BCUT2D eigenvalue weighted by atomic mass is 10.2. The Labute approximate surface area is 152 Å². The van der Waals surface area contributed by atoms with Crippen molar-refractivity contribution < 1.29 is 9.90 Å². The lowest BCUT2D eigenvalue weighted by Gasteiger charge is -2.10. The Bertz CT molecular complexity index is 1080. The van der Waals surface area contributed by atoms with Crippen LogP contribution in [0.4, 0.5) is 0 Å². The molecule has 1 aromatic carbocycles. The zero-order valence-electron chi connectivity index (χ0n) is 13.3. The summed E-state index contributed by atoms with van der Waals surface area (Å²) in [7, 11) is 0. The molecule has 3 rings (SSSR count). The minimum atomic E-state index is -0.624. The second kappa shape index (κ2) is 7.53. The molecular formula is C17H13N5O3S. The molecule has 0 saturated carbocycles. The van der Waals surface area contributed by atoms with Crippen molar-refractivity contribution in [1.29, 1.82) is 0 Å². The number of hydrazone groups is 1. The Balaban J connectivity index is 1.92. The molecule has 0 spiro atoms. The molecule has 0 atom stereocenters. The van der Waals surface area contributed by atoms with Gasteiger partial charge in [-0.15, -0.1) is 0 Å². The summed E-state index contributed by atoms with van der Waals surface area (Å²) < 4.78 is 1.33. The monoisotopic (exact) mass is 367 g/mol. The van der Waals surface area contributed by atoms with Crippen LogP contribution >= 0.6 is 12.2 Å². The van der Waals surface area contributed by atoms with Crippen molar-refractivity contribution in [2.45, 2.75) is 0 Å². The van der Waals surface area contributed by atoms with E-state index >= 15 is 0 Å². The second-order valence-corrected chi connectivity index (χ2v) is 5.49. The van der Waals surface area contributed by atoms with Gasteiger partial charge in [0.1, 0.15) is 5.56 Å². The molecule has 0 bridgehead atoms. The van der Waals surface area contributed by atoms with Crippen LogP contribution in [0.25, 0.3) is 5.69 Å². The van der Waals surface area contributed by atoms with Crippen LogP contribution in [-0.4, -0.2) is 31.8 Å². The van der Waals surface area contributed by atoms with Gasteiger partial charge in [-0.1, -0.05) is 18.2 Å². The van der Waals surface area contributed by atoms with Gasteiger partial charge in [0.25, 0.3) is 11.5 Å². The van der Waals surface area contributed by atoms with Gasteiger partial charge in [0, 0.05) is 18.0 Å². The van der Waals surface area contributed by atoms with E-state index in [1.54, 1.807) is 24.3 Å². The summed E-state index contributed by atoms with van der Waals surface area (Å²) in [4.78, 5) is 30.3. The van der Waals surface area contributed by atoms with Gasteiger partial charge >= 0.3 is 0 Å². The molecule has 2 aromatic heterocycles. The van der Waals surface area contributed by atoms with Crippen LogP contribution in [0.2, 0.25) is 0 Å². The number of nitrogens with zero attached hydrogens (tertiary/aromatic N) is 3. The van der Waals surface area contributed by atoms with E-state index in [4.69, 9.17) is 12.2 Å². The first-order valence-corrected chi connectivity index (χ1v) is 7.86. The predicted octanol–water partition coefficient (Wildman–Crippen LogP) is 1.76. The summed E-state index contributed by atoms with van der Waals surface area (Å²) >= 11 is 5.11. The number of aromatic amines is 1. The number of carbonyl (C=O) groups is 1. The number of carbonyl (C=O) groups excluding carboxylic acids is 1. The first kappa shape index (κ1) is 17.2. The fourth-order valence-corrected chi connectivity index (χ4v) is 2.48. The predicted molar refractivity (Wildman–Crippen MR) is 98.2 cm³/mol. The highest BCUT2D eigenvalue weighted by Crippen LogP contribution is 2.18. The maximum atomic E-state index is 12.1. The van der Waals surface area contributed by atoms with E-state index in [1.807, 2.05) is 6.07 Å². The van der Waals surface area contributed by atoms with Crippen LogP contribution in [0.15, 0.2) is 64.8 Å². The third kappa shape index (κ3) is 3.57. The summed E-state index contributed by atoms with van der Waals surface area (Å²) in [6, 6.07) is 11.8. The molecule has 1 amide bonds. The first-order valence-electron chi connectivity index (χ1n) is 7.45. The van der Waals surface area contributed by atoms with E-state index in [2.05, 4.69) is 20.5 Å². The average Bonchev–Trinajstić information content (AvgIpc) is 2.65. The van der Waals surface area contributed by atoms with Gasteiger partial charge < -0.3 is 5.11 Å². The number of hydrogen-bond donors (Lipinski definition) is 3. The normalized spacial score (nSPS) is 10.8. The van der Waals surface area contributed by atoms with Crippen LogP contribution in [0, 0.1) is 4.77 Å². The van der Waals surface area contributed by atoms with Gasteiger partial charge in [0.15, 0.2) is 4.77 Å². The van der Waals surface area contributed by atoms with Gasteiger partial charge in [0.2, 0.25) is 5.88 Å². The lowest BCUT2D eigenvalue weighted by molar-refractivity contribution is 0.0955. The van der Waals surface area contributed by atoms with E-state index in [-0.39, 0.29) is 16.2 Å². The topological polar surface area (TPSA) is 112 Å². The van der Waals surface area contributed by atoms with Crippen LogP contribution in [-0.2, 0) is 0 Å². The van der Waals surface area contributed by atoms with E-state index in [1.165, 1.54) is 29.1 Å². The Morgan fingerprint density at radius 1 is 1.23 bits per heavy atom. The zero-order valence-corrected chi connectivity index (χ0v) is 14.1. The van der Waals surface area contributed by atoms with E-state index in [0.29, 0.717) is 11.3 Å². The number of benzene rings is 1. The summed E-state index contributed by atoms with van der Waals surface area (Å²) in [6.45, 7) is 0. The molecule has 0 aliphatic heterocycles. The molecular weight excluding hydrogens is 354 g/mol. The Kier molecular flexibility index (Phi) is 4.99. The standard InChI is InChI=1S/C17H13N5O3S/c23-14(11-6-8-18-9-7-11)21-19-10-13-15(24)20-17(26)22(16(13)25)12-4-2-1-3-5-12/h1-10,25H,(H,21,23)(H,20,24,26)/b19-10-. The maximum absolute atomic E-state index is 12.1. The minimum Gasteiger partial charge on any atom is -0.494 e. The summed E-state index contributed by atoms with van der Waals surface area (Å²) in [5.74, 6) is -0.859.